The Morgan fingerprint density at radius 1 is 1.00 bits per heavy atom. The zero-order chi connectivity index (χ0) is 19.6. The minimum Gasteiger partial charge on any atom is -0.369 e. The van der Waals surface area contributed by atoms with E-state index in [9.17, 15) is 17.6 Å². The number of sulfone groups is 1. The number of hydrogen-bond donors (Lipinski definition) is 2. The van der Waals surface area contributed by atoms with Gasteiger partial charge in [0.25, 0.3) is 0 Å². The van der Waals surface area contributed by atoms with E-state index < -0.39 is 27.3 Å². The average molecular weight is 386 g/mol. The monoisotopic (exact) mass is 386 g/mol. The second-order valence-corrected chi connectivity index (χ2v) is 7.70. The number of hydrogen-bond acceptors (Lipinski definition) is 6. The van der Waals surface area contributed by atoms with Gasteiger partial charge in [0.2, 0.25) is 11.9 Å². The number of nitrogens with zero attached hydrogens (tertiary/aromatic N) is 2. The molecule has 1 heterocycles. The first kappa shape index (κ1) is 18.5. The van der Waals surface area contributed by atoms with E-state index >= 15 is 0 Å². The summed E-state index contributed by atoms with van der Waals surface area (Å²) in [6.07, 6.45) is 2.79. The molecule has 0 aliphatic carbocycles. The average Bonchev–Trinajstić information content (AvgIpc) is 2.61. The highest BCUT2D eigenvalue weighted by Crippen LogP contribution is 2.31. The van der Waals surface area contributed by atoms with Crippen molar-refractivity contribution in [2.24, 2.45) is 5.73 Å². The standard InChI is InChI=1S/C18H15FN4O3S/c19-15-7-11(5-6-13(15)12-8-22-18(21)23-9-12)14-3-1-2-4-16(14)27(25,26)10-17(20)24/h1-9H,10H2,(H2,20,24)(H2,21,22,23). The molecular formula is C18H15FN4O3S. The van der Waals surface area contributed by atoms with Crippen molar-refractivity contribution in [3.63, 3.8) is 0 Å². The summed E-state index contributed by atoms with van der Waals surface area (Å²) in [7, 11) is -3.95. The van der Waals surface area contributed by atoms with Crippen LogP contribution >= 0.6 is 0 Å². The minimum absolute atomic E-state index is 0.0735. The third kappa shape index (κ3) is 3.93. The van der Waals surface area contributed by atoms with Gasteiger partial charge < -0.3 is 11.5 Å². The van der Waals surface area contributed by atoms with Gasteiger partial charge >= 0.3 is 0 Å². The van der Waals surface area contributed by atoms with E-state index in [-0.39, 0.29) is 22.0 Å². The lowest BCUT2D eigenvalue weighted by Crippen LogP contribution is -2.23. The Bertz CT molecular complexity index is 1120. The van der Waals surface area contributed by atoms with Gasteiger partial charge in [0.15, 0.2) is 9.84 Å². The second kappa shape index (κ2) is 7.12. The fraction of sp³-hybridized carbons (Fsp3) is 0.0556. The molecule has 0 spiro atoms. The topological polar surface area (TPSA) is 129 Å². The maximum Gasteiger partial charge on any atom is 0.233 e. The number of nitrogen functional groups attached to an aromatic ring is 1. The maximum atomic E-state index is 14.7. The van der Waals surface area contributed by atoms with Crippen molar-refractivity contribution in [3.8, 4) is 22.3 Å². The molecule has 0 saturated carbocycles. The molecule has 3 rings (SSSR count). The van der Waals surface area contributed by atoms with Crippen molar-refractivity contribution >= 4 is 21.7 Å². The van der Waals surface area contributed by atoms with Crippen LogP contribution in [-0.4, -0.2) is 30.0 Å². The van der Waals surface area contributed by atoms with Crippen LogP contribution in [0.4, 0.5) is 10.3 Å². The lowest BCUT2D eigenvalue weighted by atomic mass is 10.0. The lowest BCUT2D eigenvalue weighted by molar-refractivity contribution is -0.115. The van der Waals surface area contributed by atoms with Crippen LogP contribution in [0.25, 0.3) is 22.3 Å². The highest BCUT2D eigenvalue weighted by Gasteiger charge is 2.22. The third-order valence-corrected chi connectivity index (χ3v) is 5.51. The number of nitrogens with two attached hydrogens (primary N) is 2. The van der Waals surface area contributed by atoms with Crippen LogP contribution in [0.3, 0.4) is 0 Å². The summed E-state index contributed by atoms with van der Waals surface area (Å²) in [6.45, 7) is 0. The summed E-state index contributed by atoms with van der Waals surface area (Å²) in [6, 6.07) is 10.3. The predicted octanol–water partition coefficient (Wildman–Crippen LogP) is 1.79. The molecule has 3 aromatic rings. The number of aromatic nitrogens is 2. The molecule has 0 fully saturated rings. The quantitative estimate of drug-likeness (QED) is 0.688. The Morgan fingerprint density at radius 2 is 1.67 bits per heavy atom. The molecule has 1 amide bonds. The molecule has 0 aliphatic heterocycles. The van der Waals surface area contributed by atoms with Crippen molar-refractivity contribution in [1.29, 1.82) is 0 Å². The molecule has 0 bridgehead atoms. The maximum absolute atomic E-state index is 14.7. The summed E-state index contributed by atoms with van der Waals surface area (Å²) in [5.41, 5.74) is 11.8. The number of halogens is 1. The number of benzene rings is 2. The van der Waals surface area contributed by atoms with Gasteiger partial charge in [0, 0.05) is 29.1 Å². The molecule has 27 heavy (non-hydrogen) atoms. The highest BCUT2D eigenvalue weighted by molar-refractivity contribution is 7.92. The van der Waals surface area contributed by atoms with E-state index in [1.54, 1.807) is 12.1 Å². The van der Waals surface area contributed by atoms with Crippen molar-refractivity contribution in [2.75, 3.05) is 11.5 Å². The largest absolute Gasteiger partial charge is 0.369 e. The van der Waals surface area contributed by atoms with E-state index in [4.69, 9.17) is 11.5 Å². The minimum atomic E-state index is -3.95. The first-order valence-corrected chi connectivity index (χ1v) is 9.41. The molecule has 0 aliphatic rings. The van der Waals surface area contributed by atoms with Gasteiger partial charge in [-0.25, -0.2) is 22.8 Å². The van der Waals surface area contributed by atoms with E-state index in [2.05, 4.69) is 9.97 Å². The van der Waals surface area contributed by atoms with Crippen LogP contribution in [-0.2, 0) is 14.6 Å². The van der Waals surface area contributed by atoms with Crippen LogP contribution < -0.4 is 11.5 Å². The molecule has 0 atom stereocenters. The number of amides is 1. The summed E-state index contributed by atoms with van der Waals surface area (Å²) in [5, 5.41) is 0. The van der Waals surface area contributed by atoms with Crippen molar-refractivity contribution in [3.05, 3.63) is 60.7 Å². The fourth-order valence-corrected chi connectivity index (χ4v) is 3.97. The van der Waals surface area contributed by atoms with Crippen molar-refractivity contribution in [2.45, 2.75) is 4.90 Å². The molecule has 2 aromatic carbocycles. The lowest BCUT2D eigenvalue weighted by Gasteiger charge is -2.11. The van der Waals surface area contributed by atoms with Gasteiger partial charge in [-0.2, -0.15) is 0 Å². The number of carbonyl (C=O) groups excluding carboxylic acids is 1. The molecule has 4 N–H and O–H groups in total. The molecular weight excluding hydrogens is 371 g/mol. The molecule has 0 radical (unpaired) electrons. The van der Waals surface area contributed by atoms with Crippen molar-refractivity contribution < 1.29 is 17.6 Å². The SMILES string of the molecule is NC(=O)CS(=O)(=O)c1ccccc1-c1ccc(-c2cnc(N)nc2)c(F)c1. The smallest absolute Gasteiger partial charge is 0.233 e. The van der Waals surface area contributed by atoms with E-state index in [0.29, 0.717) is 11.1 Å². The number of rotatable bonds is 5. The van der Waals surface area contributed by atoms with Gasteiger partial charge in [-0.1, -0.05) is 30.3 Å². The zero-order valence-corrected chi connectivity index (χ0v) is 14.8. The first-order valence-electron chi connectivity index (χ1n) is 7.76. The predicted molar refractivity (Wildman–Crippen MR) is 98.5 cm³/mol. The summed E-state index contributed by atoms with van der Waals surface area (Å²) in [4.78, 5) is 18.6. The number of carbonyl (C=O) groups is 1. The Kier molecular flexibility index (Phi) is 4.87. The highest BCUT2D eigenvalue weighted by atomic mass is 32.2. The summed E-state index contributed by atoms with van der Waals surface area (Å²) >= 11 is 0. The van der Waals surface area contributed by atoms with Gasteiger partial charge in [0.1, 0.15) is 11.6 Å². The zero-order valence-electron chi connectivity index (χ0n) is 14.0. The van der Waals surface area contributed by atoms with Crippen LogP contribution in [0, 0.1) is 5.82 Å². The molecule has 7 nitrogen and oxygen atoms in total. The van der Waals surface area contributed by atoms with E-state index in [1.807, 2.05) is 0 Å². The Morgan fingerprint density at radius 3 is 2.30 bits per heavy atom. The molecule has 0 unspecified atom stereocenters. The Balaban J connectivity index is 2.07. The first-order chi connectivity index (χ1) is 12.8. The van der Waals surface area contributed by atoms with Crippen LogP contribution in [0.5, 0.6) is 0 Å². The molecule has 9 heteroatoms. The molecule has 138 valence electrons. The molecule has 1 aromatic heterocycles. The van der Waals surface area contributed by atoms with Gasteiger partial charge in [-0.15, -0.1) is 0 Å². The number of anilines is 1. The number of primary amides is 1. The van der Waals surface area contributed by atoms with Gasteiger partial charge in [0.05, 0.1) is 4.90 Å². The Labute approximate surface area is 154 Å². The van der Waals surface area contributed by atoms with E-state index in [0.717, 1.165) is 0 Å². The van der Waals surface area contributed by atoms with Crippen LogP contribution in [0.1, 0.15) is 0 Å². The van der Waals surface area contributed by atoms with Gasteiger partial charge in [-0.05, 0) is 17.7 Å². The fourth-order valence-electron chi connectivity index (χ4n) is 2.64. The molecule has 0 saturated heterocycles. The van der Waals surface area contributed by atoms with Gasteiger partial charge in [-0.3, -0.25) is 4.79 Å². The van der Waals surface area contributed by atoms with Crippen LogP contribution in [0.2, 0.25) is 0 Å². The normalized spacial score (nSPS) is 11.3. The van der Waals surface area contributed by atoms with Crippen molar-refractivity contribution in [1.82, 2.24) is 9.97 Å². The summed E-state index contributed by atoms with van der Waals surface area (Å²) in [5.74, 6) is -2.30. The van der Waals surface area contributed by atoms with Crippen LogP contribution in [0.15, 0.2) is 59.8 Å². The van der Waals surface area contributed by atoms with E-state index in [1.165, 1.54) is 42.7 Å². The third-order valence-electron chi connectivity index (χ3n) is 3.82. The summed E-state index contributed by atoms with van der Waals surface area (Å²) < 4.78 is 39.5. The Hall–Kier alpha value is -3.33. The second-order valence-electron chi connectivity index (χ2n) is 5.75.